The highest BCUT2D eigenvalue weighted by atomic mass is 32.1. The number of nitrogens with one attached hydrogen (secondary N) is 1. The molecule has 2 fully saturated rings. The Morgan fingerprint density at radius 2 is 2.10 bits per heavy atom. The molecule has 2 heterocycles. The Kier molecular flexibility index (Phi) is 6.35. The van der Waals surface area contributed by atoms with Crippen LogP contribution >= 0.6 is 11.3 Å². The average molecular weight is 416 g/mol. The van der Waals surface area contributed by atoms with Gasteiger partial charge < -0.3 is 14.8 Å². The van der Waals surface area contributed by atoms with Gasteiger partial charge in [0.2, 0.25) is 5.91 Å². The zero-order chi connectivity index (χ0) is 20.2. The lowest BCUT2D eigenvalue weighted by molar-refractivity contribution is -0.123. The number of nitrogens with zero attached hydrogens (tertiary/aromatic N) is 2. The maximum absolute atomic E-state index is 12.5. The van der Waals surface area contributed by atoms with Crippen molar-refractivity contribution in [1.29, 1.82) is 0 Å². The predicted octanol–water partition coefficient (Wildman–Crippen LogP) is 3.64. The highest BCUT2D eigenvalue weighted by molar-refractivity contribution is 7.09. The number of ether oxygens (including phenoxy) is 2. The topological polar surface area (TPSA) is 63.7 Å². The summed E-state index contributed by atoms with van der Waals surface area (Å²) >= 11 is 1.64. The Morgan fingerprint density at radius 3 is 2.79 bits per heavy atom. The number of hydrogen-bond donors (Lipinski definition) is 1. The fourth-order valence-corrected chi connectivity index (χ4v) is 4.91. The number of methoxy groups -OCH3 is 2. The highest BCUT2D eigenvalue weighted by Crippen LogP contribution is 2.35. The molecule has 2 aromatic rings. The Hall–Kier alpha value is -2.12. The summed E-state index contributed by atoms with van der Waals surface area (Å²) < 4.78 is 10.8. The first-order valence-electron chi connectivity index (χ1n) is 10.3. The number of thiazole rings is 1. The summed E-state index contributed by atoms with van der Waals surface area (Å²) in [5, 5.41) is 6.34. The number of likely N-dealkylation sites (tertiary alicyclic amines) is 1. The van der Waals surface area contributed by atoms with Gasteiger partial charge in [0.1, 0.15) is 5.01 Å². The van der Waals surface area contributed by atoms with Crippen LogP contribution in [0.15, 0.2) is 29.8 Å². The van der Waals surface area contributed by atoms with E-state index < -0.39 is 0 Å². The molecule has 156 valence electrons. The zero-order valence-electron chi connectivity index (χ0n) is 17.1. The smallest absolute Gasteiger partial charge is 0.223 e. The van der Waals surface area contributed by atoms with Gasteiger partial charge in [0.25, 0.3) is 0 Å². The largest absolute Gasteiger partial charge is 0.493 e. The minimum Gasteiger partial charge on any atom is -0.493 e. The van der Waals surface area contributed by atoms with Crippen molar-refractivity contribution in [3.63, 3.8) is 0 Å². The van der Waals surface area contributed by atoms with Crippen LogP contribution in [0.25, 0.3) is 0 Å². The van der Waals surface area contributed by atoms with Crippen LogP contribution in [-0.2, 0) is 11.3 Å². The van der Waals surface area contributed by atoms with E-state index in [4.69, 9.17) is 9.47 Å². The van der Waals surface area contributed by atoms with E-state index in [1.807, 2.05) is 17.6 Å². The van der Waals surface area contributed by atoms with Gasteiger partial charge in [-0.3, -0.25) is 9.69 Å². The van der Waals surface area contributed by atoms with E-state index in [9.17, 15) is 4.79 Å². The van der Waals surface area contributed by atoms with Crippen molar-refractivity contribution in [2.45, 2.75) is 38.3 Å². The van der Waals surface area contributed by atoms with Crippen LogP contribution < -0.4 is 14.8 Å². The number of rotatable bonds is 8. The molecule has 1 aromatic heterocycles. The number of hydrogen-bond acceptors (Lipinski definition) is 6. The van der Waals surface area contributed by atoms with Gasteiger partial charge in [-0.2, -0.15) is 0 Å². The zero-order valence-corrected chi connectivity index (χ0v) is 17.9. The lowest BCUT2D eigenvalue weighted by atomic mass is 9.90. The maximum atomic E-state index is 12.5. The number of benzene rings is 1. The third-order valence-electron chi connectivity index (χ3n) is 5.83. The molecule has 1 saturated heterocycles. The van der Waals surface area contributed by atoms with Crippen LogP contribution in [0.4, 0.5) is 0 Å². The number of carbonyl (C=O) groups excluding carboxylic acids is 1. The molecule has 0 bridgehead atoms. The molecule has 7 heteroatoms. The molecule has 1 N–H and O–H groups in total. The molecule has 1 saturated carbocycles. The monoisotopic (exact) mass is 415 g/mol. The summed E-state index contributed by atoms with van der Waals surface area (Å²) in [6.45, 7) is 2.87. The summed E-state index contributed by atoms with van der Waals surface area (Å²) in [7, 11) is 3.32. The number of amides is 1. The van der Waals surface area contributed by atoms with E-state index in [0.29, 0.717) is 5.92 Å². The summed E-state index contributed by atoms with van der Waals surface area (Å²) in [6.07, 6.45) is 6.11. The van der Waals surface area contributed by atoms with Gasteiger partial charge in [-0.25, -0.2) is 4.98 Å². The van der Waals surface area contributed by atoms with Gasteiger partial charge in [0.15, 0.2) is 11.5 Å². The first-order chi connectivity index (χ1) is 14.2. The van der Waals surface area contributed by atoms with Crippen molar-refractivity contribution in [2.24, 2.45) is 11.8 Å². The molecule has 2 aliphatic rings. The Bertz CT molecular complexity index is 823. The van der Waals surface area contributed by atoms with Crippen molar-refractivity contribution in [3.8, 4) is 11.5 Å². The molecular weight excluding hydrogens is 386 g/mol. The lowest BCUT2D eigenvalue weighted by Crippen LogP contribution is -2.43. The number of carbonyl (C=O) groups is 1. The molecule has 0 radical (unpaired) electrons. The fourth-order valence-electron chi connectivity index (χ4n) is 4.13. The van der Waals surface area contributed by atoms with E-state index in [-0.39, 0.29) is 17.9 Å². The molecular formula is C22H29N3O3S. The van der Waals surface area contributed by atoms with Crippen LogP contribution in [-0.4, -0.2) is 43.1 Å². The van der Waals surface area contributed by atoms with E-state index >= 15 is 0 Å². The van der Waals surface area contributed by atoms with E-state index in [2.05, 4.69) is 27.3 Å². The van der Waals surface area contributed by atoms with Crippen LogP contribution in [0, 0.1) is 11.8 Å². The third-order valence-corrected chi connectivity index (χ3v) is 6.69. The molecule has 1 aliphatic carbocycles. The van der Waals surface area contributed by atoms with Gasteiger partial charge in [-0.05, 0) is 55.8 Å². The normalized spacial score (nSPS) is 20.8. The SMILES string of the molecule is COc1ccc(CN2CCC[C@@H]([C@H](NC(=O)C3CC3)c3nccs3)C2)cc1OC. The molecule has 29 heavy (non-hydrogen) atoms. The van der Waals surface area contributed by atoms with Gasteiger partial charge in [-0.15, -0.1) is 11.3 Å². The van der Waals surface area contributed by atoms with Crippen molar-refractivity contribution in [2.75, 3.05) is 27.3 Å². The Morgan fingerprint density at radius 1 is 1.28 bits per heavy atom. The van der Waals surface area contributed by atoms with Crippen molar-refractivity contribution in [1.82, 2.24) is 15.2 Å². The average Bonchev–Trinajstić information content (AvgIpc) is 3.47. The molecule has 2 atom stereocenters. The van der Waals surface area contributed by atoms with Crippen molar-refractivity contribution < 1.29 is 14.3 Å². The van der Waals surface area contributed by atoms with Crippen LogP contribution in [0.1, 0.15) is 42.3 Å². The summed E-state index contributed by atoms with van der Waals surface area (Å²) in [5.74, 6) is 2.29. The summed E-state index contributed by atoms with van der Waals surface area (Å²) in [6, 6.07) is 6.12. The van der Waals surface area contributed by atoms with E-state index in [1.54, 1.807) is 25.6 Å². The Labute approximate surface area is 176 Å². The number of aromatic nitrogens is 1. The van der Waals surface area contributed by atoms with Gasteiger partial charge in [0.05, 0.1) is 20.3 Å². The van der Waals surface area contributed by atoms with Gasteiger partial charge in [-0.1, -0.05) is 6.07 Å². The van der Waals surface area contributed by atoms with Gasteiger partial charge in [0, 0.05) is 30.6 Å². The standard InChI is InChI=1S/C22H29N3O3S/c1-27-18-8-5-15(12-19(18)28-2)13-25-10-3-4-17(14-25)20(22-23-9-11-29-22)24-21(26)16-6-7-16/h5,8-9,11-12,16-17,20H,3-4,6-7,10,13-14H2,1-2H3,(H,24,26)/t17-,20+/m1/s1. The number of piperidine rings is 1. The molecule has 6 nitrogen and oxygen atoms in total. The highest BCUT2D eigenvalue weighted by Gasteiger charge is 2.36. The molecule has 1 aliphatic heterocycles. The summed E-state index contributed by atoms with van der Waals surface area (Å²) in [5.41, 5.74) is 1.20. The maximum Gasteiger partial charge on any atom is 0.223 e. The first-order valence-corrected chi connectivity index (χ1v) is 11.2. The first kappa shape index (κ1) is 20.2. The lowest BCUT2D eigenvalue weighted by Gasteiger charge is -2.36. The minimum absolute atomic E-state index is 0.0105. The predicted molar refractivity (Wildman–Crippen MR) is 113 cm³/mol. The van der Waals surface area contributed by atoms with Crippen LogP contribution in [0.3, 0.4) is 0 Å². The molecule has 0 spiro atoms. The minimum atomic E-state index is 0.0105. The van der Waals surface area contributed by atoms with E-state index in [1.165, 1.54) is 5.56 Å². The third kappa shape index (κ3) is 4.90. The van der Waals surface area contributed by atoms with Crippen LogP contribution in [0.2, 0.25) is 0 Å². The van der Waals surface area contributed by atoms with E-state index in [0.717, 1.165) is 61.8 Å². The second-order valence-corrected chi connectivity index (χ2v) is 8.88. The molecule has 0 unspecified atom stereocenters. The molecule has 1 aromatic carbocycles. The van der Waals surface area contributed by atoms with Crippen LogP contribution in [0.5, 0.6) is 11.5 Å². The molecule has 1 amide bonds. The van der Waals surface area contributed by atoms with Gasteiger partial charge >= 0.3 is 0 Å². The quantitative estimate of drug-likeness (QED) is 0.713. The molecule has 4 rings (SSSR count). The summed E-state index contributed by atoms with van der Waals surface area (Å²) in [4.78, 5) is 19.5. The Balaban J connectivity index is 1.45. The van der Waals surface area contributed by atoms with Crippen molar-refractivity contribution >= 4 is 17.2 Å². The van der Waals surface area contributed by atoms with Crippen molar-refractivity contribution in [3.05, 3.63) is 40.3 Å². The second-order valence-electron chi connectivity index (χ2n) is 7.96. The second kappa shape index (κ2) is 9.13. The fraction of sp³-hybridized carbons (Fsp3) is 0.545.